The van der Waals surface area contributed by atoms with Gasteiger partial charge >= 0.3 is 6.18 Å². The van der Waals surface area contributed by atoms with Crippen molar-refractivity contribution < 1.29 is 27.5 Å². The number of amides is 2. The van der Waals surface area contributed by atoms with Crippen molar-refractivity contribution in [3.05, 3.63) is 63.6 Å². The predicted molar refractivity (Wildman–Crippen MR) is 96.9 cm³/mol. The van der Waals surface area contributed by atoms with Gasteiger partial charge in [-0.1, -0.05) is 0 Å². The number of benzene rings is 1. The van der Waals surface area contributed by atoms with E-state index >= 15 is 0 Å². The Morgan fingerprint density at radius 2 is 1.86 bits per heavy atom. The molecular weight excluding hydrogens is 391 g/mol. The number of rotatable bonds is 5. The van der Waals surface area contributed by atoms with E-state index in [1.807, 2.05) is 0 Å². The molecule has 0 saturated carbocycles. The van der Waals surface area contributed by atoms with Gasteiger partial charge in [0.25, 0.3) is 11.8 Å². The van der Waals surface area contributed by atoms with E-state index in [2.05, 4.69) is 5.32 Å². The van der Waals surface area contributed by atoms with E-state index in [1.54, 1.807) is 4.57 Å². The molecule has 0 fully saturated rings. The molecule has 0 spiro atoms. The molecule has 0 unspecified atom stereocenters. The van der Waals surface area contributed by atoms with Crippen LogP contribution in [-0.4, -0.2) is 48.0 Å². The number of alkyl halides is 3. The van der Waals surface area contributed by atoms with E-state index < -0.39 is 23.1 Å². The number of nitrogens with one attached hydrogen (secondary N) is 1. The van der Waals surface area contributed by atoms with E-state index in [0.29, 0.717) is 13.1 Å². The van der Waals surface area contributed by atoms with Crippen LogP contribution in [0.4, 0.5) is 13.2 Å². The number of carbonyl (C=O) groups is 2. The third-order valence-electron chi connectivity index (χ3n) is 4.57. The second kappa shape index (κ2) is 7.98. The third-order valence-corrected chi connectivity index (χ3v) is 4.57. The Morgan fingerprint density at radius 3 is 2.48 bits per heavy atom. The van der Waals surface area contributed by atoms with Crippen molar-refractivity contribution in [1.82, 2.24) is 14.8 Å². The number of hydrogen-bond donors (Lipinski definition) is 1. The number of ether oxygens (including phenoxy) is 1. The van der Waals surface area contributed by atoms with E-state index in [9.17, 15) is 27.6 Å². The van der Waals surface area contributed by atoms with Crippen molar-refractivity contribution in [2.45, 2.75) is 12.7 Å². The number of pyridine rings is 1. The van der Waals surface area contributed by atoms with Gasteiger partial charge < -0.3 is 19.5 Å². The maximum absolute atomic E-state index is 12.6. The Bertz CT molecular complexity index is 984. The average Bonchev–Trinajstić information content (AvgIpc) is 2.69. The van der Waals surface area contributed by atoms with E-state index in [-0.39, 0.29) is 36.0 Å². The maximum atomic E-state index is 12.6. The van der Waals surface area contributed by atoms with Crippen LogP contribution in [0, 0.1) is 0 Å². The van der Waals surface area contributed by atoms with E-state index in [0.717, 1.165) is 24.3 Å². The number of hydrogen-bond acceptors (Lipinski definition) is 4. The fraction of sp³-hybridized carbons (Fsp3) is 0.316. The summed E-state index contributed by atoms with van der Waals surface area (Å²) in [7, 11) is 1.37. The van der Waals surface area contributed by atoms with Gasteiger partial charge in [-0.15, -0.1) is 0 Å². The molecule has 0 bridgehead atoms. The number of halogens is 3. The zero-order chi connectivity index (χ0) is 21.2. The standard InChI is InChI=1S/C19H18F3N3O4/c1-29-16-11-25-9-8-24(18(28)14(25)10-15(16)26)7-6-23-17(27)12-2-4-13(5-3-12)19(20,21)22/h2-5,10-11H,6-9H2,1H3,(H,23,27). The maximum Gasteiger partial charge on any atom is 0.416 e. The van der Waals surface area contributed by atoms with Crippen molar-refractivity contribution in [2.75, 3.05) is 26.7 Å². The minimum atomic E-state index is -4.47. The summed E-state index contributed by atoms with van der Waals surface area (Å²) in [5.74, 6) is -0.733. The highest BCUT2D eigenvalue weighted by molar-refractivity contribution is 5.95. The van der Waals surface area contributed by atoms with Crippen molar-refractivity contribution in [2.24, 2.45) is 0 Å². The van der Waals surface area contributed by atoms with Crippen LogP contribution < -0.4 is 15.5 Å². The zero-order valence-corrected chi connectivity index (χ0v) is 15.5. The Balaban J connectivity index is 1.58. The summed E-state index contributed by atoms with van der Waals surface area (Å²) in [6.45, 7) is 1.16. The van der Waals surface area contributed by atoms with Gasteiger partial charge in [-0.2, -0.15) is 13.2 Å². The lowest BCUT2D eigenvalue weighted by molar-refractivity contribution is -0.137. The number of aromatic nitrogens is 1. The smallest absolute Gasteiger partial charge is 0.416 e. The third kappa shape index (κ3) is 4.41. The first-order valence-corrected chi connectivity index (χ1v) is 8.74. The lowest BCUT2D eigenvalue weighted by Crippen LogP contribution is -2.45. The lowest BCUT2D eigenvalue weighted by Gasteiger charge is -2.30. The Labute approximate surface area is 163 Å². The first-order chi connectivity index (χ1) is 13.7. The molecule has 10 heteroatoms. The van der Waals surface area contributed by atoms with Crippen molar-refractivity contribution in [3.63, 3.8) is 0 Å². The molecule has 0 saturated heterocycles. The normalized spacial score (nSPS) is 13.8. The number of fused-ring (bicyclic) bond motifs is 1. The Kier molecular flexibility index (Phi) is 5.62. The van der Waals surface area contributed by atoms with Crippen LogP contribution >= 0.6 is 0 Å². The molecule has 0 radical (unpaired) electrons. The summed E-state index contributed by atoms with van der Waals surface area (Å²) in [6.07, 6.45) is -2.98. The van der Waals surface area contributed by atoms with Crippen LogP contribution in [0.3, 0.4) is 0 Å². The lowest BCUT2D eigenvalue weighted by atomic mass is 10.1. The molecule has 0 aliphatic carbocycles. The second-order valence-corrected chi connectivity index (χ2v) is 6.41. The highest BCUT2D eigenvalue weighted by Gasteiger charge is 2.30. The molecule has 2 aromatic rings. The van der Waals surface area contributed by atoms with Gasteiger partial charge in [0.1, 0.15) is 5.69 Å². The molecule has 29 heavy (non-hydrogen) atoms. The van der Waals surface area contributed by atoms with E-state index in [4.69, 9.17) is 4.74 Å². The summed E-state index contributed by atoms with van der Waals surface area (Å²) in [4.78, 5) is 38.0. The summed E-state index contributed by atoms with van der Waals surface area (Å²) in [5.41, 5.74) is -0.911. The van der Waals surface area contributed by atoms with E-state index in [1.165, 1.54) is 24.3 Å². The molecule has 1 aromatic carbocycles. The second-order valence-electron chi connectivity index (χ2n) is 6.41. The van der Waals surface area contributed by atoms with Gasteiger partial charge in [-0.05, 0) is 24.3 Å². The summed E-state index contributed by atoms with van der Waals surface area (Å²) < 4.78 is 44.3. The minimum absolute atomic E-state index is 0.0898. The SMILES string of the molecule is COc1cn2c(cc1=O)C(=O)N(CCNC(=O)c1ccc(C(F)(F)F)cc1)CC2. The first-order valence-electron chi connectivity index (χ1n) is 8.74. The number of nitrogens with zero attached hydrogens (tertiary/aromatic N) is 2. The highest BCUT2D eigenvalue weighted by atomic mass is 19.4. The fourth-order valence-electron chi connectivity index (χ4n) is 3.00. The van der Waals surface area contributed by atoms with Gasteiger partial charge in [0.2, 0.25) is 5.43 Å². The van der Waals surface area contributed by atoms with Crippen LogP contribution in [-0.2, 0) is 12.7 Å². The van der Waals surface area contributed by atoms with Crippen molar-refractivity contribution in [3.8, 4) is 5.75 Å². The highest BCUT2D eigenvalue weighted by Crippen LogP contribution is 2.29. The molecule has 154 valence electrons. The number of methoxy groups -OCH3 is 1. The summed E-state index contributed by atoms with van der Waals surface area (Å²) in [6, 6.07) is 5.09. The molecule has 1 aromatic heterocycles. The summed E-state index contributed by atoms with van der Waals surface area (Å²) >= 11 is 0. The first kappa shape index (κ1) is 20.4. The molecule has 1 N–H and O–H groups in total. The summed E-state index contributed by atoms with van der Waals surface area (Å²) in [5, 5.41) is 2.58. The van der Waals surface area contributed by atoms with Crippen molar-refractivity contribution >= 4 is 11.8 Å². The van der Waals surface area contributed by atoms with Crippen LogP contribution in [0.1, 0.15) is 26.4 Å². The Morgan fingerprint density at radius 1 is 1.17 bits per heavy atom. The largest absolute Gasteiger partial charge is 0.491 e. The molecule has 1 aliphatic heterocycles. The quantitative estimate of drug-likeness (QED) is 0.816. The topological polar surface area (TPSA) is 80.6 Å². The monoisotopic (exact) mass is 409 g/mol. The number of carbonyl (C=O) groups excluding carboxylic acids is 2. The van der Waals surface area contributed by atoms with Gasteiger partial charge in [-0.3, -0.25) is 14.4 Å². The van der Waals surface area contributed by atoms with Gasteiger partial charge in [0, 0.05) is 37.8 Å². The molecule has 0 atom stereocenters. The molecule has 2 heterocycles. The van der Waals surface area contributed by atoms with Gasteiger partial charge in [0.15, 0.2) is 5.75 Å². The van der Waals surface area contributed by atoms with Gasteiger partial charge in [-0.25, -0.2) is 0 Å². The van der Waals surface area contributed by atoms with Crippen molar-refractivity contribution in [1.29, 1.82) is 0 Å². The molecular formula is C19H18F3N3O4. The Hall–Kier alpha value is -3.30. The molecule has 1 aliphatic rings. The predicted octanol–water partition coefficient (Wildman–Crippen LogP) is 1.76. The molecule has 2 amide bonds. The van der Waals surface area contributed by atoms with Crippen LogP contribution in [0.25, 0.3) is 0 Å². The fourth-order valence-corrected chi connectivity index (χ4v) is 3.00. The average molecular weight is 409 g/mol. The molecule has 7 nitrogen and oxygen atoms in total. The molecule has 3 rings (SSSR count). The van der Waals surface area contributed by atoms with Gasteiger partial charge in [0.05, 0.1) is 18.9 Å². The zero-order valence-electron chi connectivity index (χ0n) is 15.5. The van der Waals surface area contributed by atoms with Crippen LogP contribution in [0.2, 0.25) is 0 Å². The van der Waals surface area contributed by atoms with Crippen LogP contribution in [0.5, 0.6) is 5.75 Å². The van der Waals surface area contributed by atoms with Crippen LogP contribution in [0.15, 0.2) is 41.3 Å². The minimum Gasteiger partial charge on any atom is -0.491 e.